The summed E-state index contributed by atoms with van der Waals surface area (Å²) >= 11 is 1.60. The molecule has 4 nitrogen and oxygen atoms in total. The van der Waals surface area contributed by atoms with Gasteiger partial charge in [-0.15, -0.1) is 11.3 Å². The number of nitrogens with one attached hydrogen (secondary N) is 1. The molecule has 1 amide bonds. The summed E-state index contributed by atoms with van der Waals surface area (Å²) in [5.41, 5.74) is 2.11. The number of thiophene rings is 1. The van der Waals surface area contributed by atoms with Gasteiger partial charge in [-0.25, -0.2) is 4.39 Å². The molecule has 3 heterocycles. The molecule has 1 aliphatic heterocycles. The van der Waals surface area contributed by atoms with Gasteiger partial charge in [-0.1, -0.05) is 25.5 Å². The van der Waals surface area contributed by atoms with Crippen molar-refractivity contribution in [3.05, 3.63) is 76.3 Å². The minimum absolute atomic E-state index is 0.0145. The molecular formula is C23H25FN2O2S. The summed E-state index contributed by atoms with van der Waals surface area (Å²) in [6.07, 6.45) is 5.92. The normalized spacial score (nSPS) is 15.9. The third kappa shape index (κ3) is 4.43. The summed E-state index contributed by atoms with van der Waals surface area (Å²) in [5, 5.41) is 3.89. The van der Waals surface area contributed by atoms with Gasteiger partial charge in [0.25, 0.3) is 5.91 Å². The lowest BCUT2D eigenvalue weighted by Crippen LogP contribution is -2.34. The lowest BCUT2D eigenvalue weighted by Gasteiger charge is -2.35. The van der Waals surface area contributed by atoms with Crippen LogP contribution in [0.5, 0.6) is 0 Å². The second kappa shape index (κ2) is 8.93. The van der Waals surface area contributed by atoms with E-state index in [0.29, 0.717) is 5.76 Å². The van der Waals surface area contributed by atoms with Crippen molar-refractivity contribution in [2.75, 3.05) is 18.4 Å². The van der Waals surface area contributed by atoms with E-state index in [1.165, 1.54) is 29.7 Å². The molecule has 0 aliphatic carbocycles. The Hall–Kier alpha value is -2.44. The first-order valence-electron chi connectivity index (χ1n) is 10.1. The van der Waals surface area contributed by atoms with Crippen LogP contribution in [0.3, 0.4) is 0 Å². The summed E-state index contributed by atoms with van der Waals surface area (Å²) in [7, 11) is 0. The maximum Gasteiger partial charge on any atom is 0.291 e. The highest BCUT2D eigenvalue weighted by atomic mass is 32.1. The number of likely N-dealkylation sites (tertiary alicyclic amines) is 1. The van der Waals surface area contributed by atoms with Crippen LogP contribution in [0, 0.1) is 5.82 Å². The molecule has 0 unspecified atom stereocenters. The van der Waals surface area contributed by atoms with Crippen molar-refractivity contribution in [3.63, 3.8) is 0 Å². The number of rotatable bonds is 6. The Morgan fingerprint density at radius 3 is 2.62 bits per heavy atom. The number of hydrogen-bond acceptors (Lipinski definition) is 4. The van der Waals surface area contributed by atoms with Crippen molar-refractivity contribution in [2.45, 2.75) is 38.6 Å². The number of carbonyl (C=O) groups is 1. The van der Waals surface area contributed by atoms with Crippen molar-refractivity contribution in [2.24, 2.45) is 0 Å². The second-order valence-electron chi connectivity index (χ2n) is 7.33. The van der Waals surface area contributed by atoms with Crippen molar-refractivity contribution < 1.29 is 13.6 Å². The monoisotopic (exact) mass is 412 g/mol. The van der Waals surface area contributed by atoms with Crippen LogP contribution in [0.2, 0.25) is 0 Å². The van der Waals surface area contributed by atoms with E-state index in [2.05, 4.69) is 23.2 Å². The summed E-state index contributed by atoms with van der Waals surface area (Å²) in [6.45, 7) is 4.09. The zero-order chi connectivity index (χ0) is 20.2. The Balaban J connectivity index is 1.73. The minimum Gasteiger partial charge on any atom is -0.459 e. The van der Waals surface area contributed by atoms with Crippen LogP contribution in [-0.4, -0.2) is 23.9 Å². The van der Waals surface area contributed by atoms with Gasteiger partial charge in [-0.05, 0) is 68.2 Å². The Labute approximate surface area is 174 Å². The molecule has 2 aromatic heterocycles. The van der Waals surface area contributed by atoms with Gasteiger partial charge in [0.15, 0.2) is 5.76 Å². The summed E-state index contributed by atoms with van der Waals surface area (Å²) in [6, 6.07) is 12.3. The third-order valence-electron chi connectivity index (χ3n) is 5.37. The van der Waals surface area contributed by atoms with Crippen molar-refractivity contribution in [1.29, 1.82) is 0 Å². The minimum atomic E-state index is -0.253. The van der Waals surface area contributed by atoms with E-state index in [1.54, 1.807) is 23.5 Å². The molecule has 29 heavy (non-hydrogen) atoms. The number of halogens is 1. The molecule has 1 saturated heterocycles. The lowest BCUT2D eigenvalue weighted by atomic mass is 9.95. The molecular weight excluding hydrogens is 387 g/mol. The van der Waals surface area contributed by atoms with Gasteiger partial charge in [0, 0.05) is 10.4 Å². The van der Waals surface area contributed by atoms with E-state index in [4.69, 9.17) is 4.42 Å². The van der Waals surface area contributed by atoms with Gasteiger partial charge < -0.3 is 9.73 Å². The first-order chi connectivity index (χ1) is 14.2. The molecule has 1 aromatic carbocycles. The second-order valence-corrected chi connectivity index (χ2v) is 8.47. The summed E-state index contributed by atoms with van der Waals surface area (Å²) in [4.78, 5) is 16.3. The van der Waals surface area contributed by atoms with Crippen LogP contribution in [0.1, 0.15) is 58.8 Å². The standard InChI is InChI=1S/C23H25FN2O2S/c1-2-18-15-19(23(29-18)25-22(27)20-7-6-14-28-20)21(26-12-4-3-5-13-26)16-8-10-17(24)11-9-16/h6-11,14-15,21H,2-5,12-13H2,1H3,(H,25,27)/t21-/m0/s1. The van der Waals surface area contributed by atoms with Crippen LogP contribution >= 0.6 is 11.3 Å². The Morgan fingerprint density at radius 1 is 1.21 bits per heavy atom. The van der Waals surface area contributed by atoms with E-state index < -0.39 is 0 Å². The average molecular weight is 413 g/mol. The molecule has 3 aromatic rings. The molecule has 152 valence electrons. The Bertz CT molecular complexity index is 944. The molecule has 1 aliphatic rings. The highest BCUT2D eigenvalue weighted by Crippen LogP contribution is 2.40. The van der Waals surface area contributed by atoms with Crippen LogP contribution in [0.25, 0.3) is 0 Å². The zero-order valence-electron chi connectivity index (χ0n) is 16.5. The number of carbonyl (C=O) groups excluding carboxylic acids is 1. The van der Waals surface area contributed by atoms with Crippen molar-refractivity contribution in [1.82, 2.24) is 4.90 Å². The molecule has 0 bridgehead atoms. The molecule has 1 fully saturated rings. The first-order valence-corrected chi connectivity index (χ1v) is 10.9. The van der Waals surface area contributed by atoms with E-state index in [1.807, 2.05) is 12.1 Å². The molecule has 0 radical (unpaired) electrons. The number of benzene rings is 1. The Morgan fingerprint density at radius 2 is 1.97 bits per heavy atom. The number of aryl methyl sites for hydroxylation is 1. The van der Waals surface area contributed by atoms with Gasteiger partial charge in [0.05, 0.1) is 12.3 Å². The van der Waals surface area contributed by atoms with Gasteiger partial charge in [-0.3, -0.25) is 9.69 Å². The fourth-order valence-corrected chi connectivity index (χ4v) is 4.94. The smallest absolute Gasteiger partial charge is 0.291 e. The molecule has 6 heteroatoms. The van der Waals surface area contributed by atoms with Crippen LogP contribution in [0.15, 0.2) is 53.1 Å². The van der Waals surface area contributed by atoms with Gasteiger partial charge >= 0.3 is 0 Å². The molecule has 1 N–H and O–H groups in total. The Kier molecular flexibility index (Phi) is 6.11. The molecule has 0 saturated carbocycles. The number of piperidine rings is 1. The SMILES string of the molecule is CCc1cc([C@H](c2ccc(F)cc2)N2CCCCC2)c(NC(=O)c2ccco2)s1. The van der Waals surface area contributed by atoms with Crippen LogP contribution in [-0.2, 0) is 6.42 Å². The number of amides is 1. The van der Waals surface area contributed by atoms with E-state index in [-0.39, 0.29) is 17.8 Å². The number of furan rings is 1. The predicted molar refractivity (Wildman–Crippen MR) is 114 cm³/mol. The fraction of sp³-hybridized carbons (Fsp3) is 0.348. The maximum atomic E-state index is 13.6. The highest BCUT2D eigenvalue weighted by molar-refractivity contribution is 7.16. The largest absolute Gasteiger partial charge is 0.459 e. The third-order valence-corrected chi connectivity index (χ3v) is 6.58. The molecule has 4 rings (SSSR count). The number of anilines is 1. The van der Waals surface area contributed by atoms with Crippen molar-refractivity contribution in [3.8, 4) is 0 Å². The van der Waals surface area contributed by atoms with Gasteiger partial charge in [0.2, 0.25) is 0 Å². The number of hydrogen-bond donors (Lipinski definition) is 1. The quantitative estimate of drug-likeness (QED) is 0.551. The zero-order valence-corrected chi connectivity index (χ0v) is 17.3. The van der Waals surface area contributed by atoms with Gasteiger partial charge in [0.1, 0.15) is 10.8 Å². The van der Waals surface area contributed by atoms with E-state index >= 15 is 0 Å². The van der Waals surface area contributed by atoms with E-state index in [0.717, 1.165) is 48.5 Å². The average Bonchev–Trinajstić information content (AvgIpc) is 3.41. The fourth-order valence-electron chi connectivity index (χ4n) is 3.91. The lowest BCUT2D eigenvalue weighted by molar-refractivity contribution is 0.0996. The first kappa shape index (κ1) is 19.9. The summed E-state index contributed by atoms with van der Waals surface area (Å²) < 4.78 is 18.8. The highest BCUT2D eigenvalue weighted by Gasteiger charge is 2.28. The van der Waals surface area contributed by atoms with Crippen molar-refractivity contribution >= 4 is 22.2 Å². The predicted octanol–water partition coefficient (Wildman–Crippen LogP) is 5.87. The van der Waals surface area contributed by atoms with E-state index in [9.17, 15) is 9.18 Å². The summed E-state index contributed by atoms with van der Waals surface area (Å²) in [5.74, 6) is -0.201. The molecule has 1 atom stereocenters. The van der Waals surface area contributed by atoms with Crippen LogP contribution in [0.4, 0.5) is 9.39 Å². The molecule has 0 spiro atoms. The van der Waals surface area contributed by atoms with Gasteiger partial charge in [-0.2, -0.15) is 0 Å². The maximum absolute atomic E-state index is 13.6. The number of nitrogens with zero attached hydrogens (tertiary/aromatic N) is 1. The van der Waals surface area contributed by atoms with Crippen LogP contribution < -0.4 is 5.32 Å². The topological polar surface area (TPSA) is 45.5 Å².